The maximum Gasteiger partial charge on any atom is 0.258 e. The molecule has 3 aromatic rings. The van der Waals surface area contributed by atoms with Gasteiger partial charge in [0.2, 0.25) is 0 Å². The van der Waals surface area contributed by atoms with Crippen molar-refractivity contribution in [3.63, 3.8) is 0 Å². The van der Waals surface area contributed by atoms with Gasteiger partial charge in [0.1, 0.15) is 11.5 Å². The molecule has 122 valence electrons. The molecule has 0 spiro atoms. The van der Waals surface area contributed by atoms with Gasteiger partial charge in [-0.1, -0.05) is 42.5 Å². The van der Waals surface area contributed by atoms with Crippen LogP contribution < -0.4 is 14.8 Å². The number of hydrogen-bond acceptors (Lipinski definition) is 3. The molecule has 0 saturated carbocycles. The van der Waals surface area contributed by atoms with Crippen LogP contribution in [0.25, 0.3) is 10.8 Å². The summed E-state index contributed by atoms with van der Waals surface area (Å²) >= 11 is 0. The minimum atomic E-state index is -0.161. The summed E-state index contributed by atoms with van der Waals surface area (Å²) in [6.45, 7) is 0.450. The summed E-state index contributed by atoms with van der Waals surface area (Å²) in [4.78, 5) is 11.9. The molecule has 1 N–H and O–H groups in total. The molecule has 0 aliphatic rings. The van der Waals surface area contributed by atoms with E-state index in [1.165, 1.54) is 5.39 Å². The van der Waals surface area contributed by atoms with Crippen LogP contribution in [0, 0.1) is 0 Å². The predicted octanol–water partition coefficient (Wildman–Crippen LogP) is 3.54. The van der Waals surface area contributed by atoms with Crippen molar-refractivity contribution in [1.82, 2.24) is 5.32 Å². The molecule has 3 aromatic carbocycles. The Hall–Kier alpha value is -3.01. The summed E-state index contributed by atoms with van der Waals surface area (Å²) in [6.07, 6.45) is 0. The molecule has 0 radical (unpaired) electrons. The van der Waals surface area contributed by atoms with E-state index < -0.39 is 0 Å². The fourth-order valence-corrected chi connectivity index (χ4v) is 2.44. The van der Waals surface area contributed by atoms with Gasteiger partial charge in [0.05, 0.1) is 7.11 Å². The first kappa shape index (κ1) is 15.9. The summed E-state index contributed by atoms with van der Waals surface area (Å²) in [5, 5.41) is 5.22. The molecule has 24 heavy (non-hydrogen) atoms. The van der Waals surface area contributed by atoms with Gasteiger partial charge in [-0.3, -0.25) is 4.79 Å². The molecule has 0 heterocycles. The Kier molecular flexibility index (Phi) is 4.96. The van der Waals surface area contributed by atoms with E-state index in [9.17, 15) is 4.79 Å². The molecule has 4 nitrogen and oxygen atoms in total. The van der Waals surface area contributed by atoms with Crippen LogP contribution in [0.1, 0.15) is 5.56 Å². The summed E-state index contributed by atoms with van der Waals surface area (Å²) in [5.74, 6) is 1.14. The number of ether oxygens (including phenoxy) is 2. The highest BCUT2D eigenvalue weighted by atomic mass is 16.5. The fourth-order valence-electron chi connectivity index (χ4n) is 2.44. The zero-order chi connectivity index (χ0) is 16.8. The second kappa shape index (κ2) is 7.51. The molecule has 0 fully saturated rings. The smallest absolute Gasteiger partial charge is 0.258 e. The van der Waals surface area contributed by atoms with E-state index in [0.717, 1.165) is 10.9 Å². The third kappa shape index (κ3) is 4.04. The molecule has 0 saturated heterocycles. The average Bonchev–Trinajstić information content (AvgIpc) is 2.64. The summed E-state index contributed by atoms with van der Waals surface area (Å²) in [7, 11) is 1.59. The Balaban J connectivity index is 1.52. The van der Waals surface area contributed by atoms with Gasteiger partial charge in [0.25, 0.3) is 5.91 Å². The van der Waals surface area contributed by atoms with E-state index in [2.05, 4.69) is 29.6 Å². The van der Waals surface area contributed by atoms with E-state index in [1.807, 2.05) is 30.3 Å². The second-order valence-corrected chi connectivity index (χ2v) is 5.43. The zero-order valence-electron chi connectivity index (χ0n) is 13.5. The Morgan fingerprint density at radius 2 is 1.71 bits per heavy atom. The maximum absolute atomic E-state index is 11.9. The lowest BCUT2D eigenvalue weighted by atomic mass is 10.1. The lowest BCUT2D eigenvalue weighted by molar-refractivity contribution is -0.123. The quantitative estimate of drug-likeness (QED) is 0.755. The van der Waals surface area contributed by atoms with E-state index in [-0.39, 0.29) is 12.5 Å². The van der Waals surface area contributed by atoms with Gasteiger partial charge >= 0.3 is 0 Å². The lowest BCUT2D eigenvalue weighted by Crippen LogP contribution is -2.28. The Morgan fingerprint density at radius 3 is 2.54 bits per heavy atom. The first-order valence-electron chi connectivity index (χ1n) is 7.76. The molecule has 0 aliphatic carbocycles. The third-order valence-electron chi connectivity index (χ3n) is 3.71. The molecule has 0 atom stereocenters. The largest absolute Gasteiger partial charge is 0.497 e. The number of nitrogens with one attached hydrogen (secondary N) is 1. The minimum Gasteiger partial charge on any atom is -0.497 e. The molecular formula is C20H19NO3. The summed E-state index contributed by atoms with van der Waals surface area (Å²) in [5.41, 5.74) is 1.06. The number of amides is 1. The SMILES string of the molecule is COc1cccc(OCC(=O)NCc2ccc3ccccc3c2)c1. The van der Waals surface area contributed by atoms with Crippen molar-refractivity contribution >= 4 is 16.7 Å². The number of hydrogen-bond donors (Lipinski definition) is 1. The van der Waals surface area contributed by atoms with Gasteiger partial charge in [0, 0.05) is 12.6 Å². The van der Waals surface area contributed by atoms with E-state index in [0.29, 0.717) is 18.0 Å². The summed E-state index contributed by atoms with van der Waals surface area (Å²) in [6, 6.07) is 21.5. The first-order chi connectivity index (χ1) is 11.7. The maximum atomic E-state index is 11.9. The Morgan fingerprint density at radius 1 is 0.917 bits per heavy atom. The summed E-state index contributed by atoms with van der Waals surface area (Å²) < 4.78 is 10.6. The van der Waals surface area contributed by atoms with Crippen molar-refractivity contribution in [2.75, 3.05) is 13.7 Å². The van der Waals surface area contributed by atoms with Crippen LogP contribution in [0.3, 0.4) is 0 Å². The normalized spacial score (nSPS) is 10.4. The van der Waals surface area contributed by atoms with E-state index in [1.54, 1.807) is 19.2 Å². The first-order valence-corrected chi connectivity index (χ1v) is 7.76. The number of rotatable bonds is 6. The number of fused-ring (bicyclic) bond motifs is 1. The molecule has 0 bridgehead atoms. The Labute approximate surface area is 141 Å². The molecule has 4 heteroatoms. The van der Waals surface area contributed by atoms with Gasteiger partial charge in [-0.05, 0) is 34.5 Å². The number of carbonyl (C=O) groups excluding carboxylic acids is 1. The molecule has 0 aromatic heterocycles. The average molecular weight is 321 g/mol. The lowest BCUT2D eigenvalue weighted by Gasteiger charge is -2.09. The fraction of sp³-hybridized carbons (Fsp3) is 0.150. The van der Waals surface area contributed by atoms with Crippen molar-refractivity contribution in [3.05, 3.63) is 72.3 Å². The minimum absolute atomic E-state index is 0.0270. The molecule has 3 rings (SSSR count). The van der Waals surface area contributed by atoms with Crippen LogP contribution in [0.2, 0.25) is 0 Å². The van der Waals surface area contributed by atoms with Crippen LogP contribution in [0.4, 0.5) is 0 Å². The van der Waals surface area contributed by atoms with Gasteiger partial charge in [0.15, 0.2) is 6.61 Å². The van der Waals surface area contributed by atoms with Crippen molar-refractivity contribution in [2.24, 2.45) is 0 Å². The van der Waals surface area contributed by atoms with E-state index >= 15 is 0 Å². The molecule has 0 unspecified atom stereocenters. The van der Waals surface area contributed by atoms with Gasteiger partial charge in [-0.25, -0.2) is 0 Å². The Bertz CT molecular complexity index is 845. The molecule has 0 aliphatic heterocycles. The standard InChI is InChI=1S/C20H19NO3/c1-23-18-7-4-8-19(12-18)24-14-20(22)21-13-15-9-10-16-5-2-3-6-17(16)11-15/h2-12H,13-14H2,1H3,(H,21,22). The highest BCUT2D eigenvalue weighted by Gasteiger charge is 2.04. The molecule has 1 amide bonds. The highest BCUT2D eigenvalue weighted by Crippen LogP contribution is 2.18. The highest BCUT2D eigenvalue weighted by molar-refractivity contribution is 5.83. The predicted molar refractivity (Wildman–Crippen MR) is 94.3 cm³/mol. The van der Waals surface area contributed by atoms with Crippen LogP contribution >= 0.6 is 0 Å². The number of benzene rings is 3. The van der Waals surface area contributed by atoms with E-state index in [4.69, 9.17) is 9.47 Å². The van der Waals surface area contributed by atoms with Crippen molar-refractivity contribution in [1.29, 1.82) is 0 Å². The van der Waals surface area contributed by atoms with Gasteiger partial charge < -0.3 is 14.8 Å². The van der Waals surface area contributed by atoms with Crippen molar-refractivity contribution in [3.8, 4) is 11.5 Å². The van der Waals surface area contributed by atoms with Crippen molar-refractivity contribution < 1.29 is 14.3 Å². The monoisotopic (exact) mass is 321 g/mol. The topological polar surface area (TPSA) is 47.6 Å². The zero-order valence-corrected chi connectivity index (χ0v) is 13.5. The van der Waals surface area contributed by atoms with Crippen LogP contribution in [-0.2, 0) is 11.3 Å². The van der Waals surface area contributed by atoms with Crippen LogP contribution in [-0.4, -0.2) is 19.6 Å². The van der Waals surface area contributed by atoms with Gasteiger partial charge in [-0.2, -0.15) is 0 Å². The second-order valence-electron chi connectivity index (χ2n) is 5.43. The van der Waals surface area contributed by atoms with Crippen LogP contribution in [0.15, 0.2) is 66.7 Å². The molecular weight excluding hydrogens is 302 g/mol. The third-order valence-corrected chi connectivity index (χ3v) is 3.71. The number of carbonyl (C=O) groups is 1. The van der Waals surface area contributed by atoms with Crippen molar-refractivity contribution in [2.45, 2.75) is 6.54 Å². The van der Waals surface area contributed by atoms with Gasteiger partial charge in [-0.15, -0.1) is 0 Å². The number of methoxy groups -OCH3 is 1. The van der Waals surface area contributed by atoms with Crippen LogP contribution in [0.5, 0.6) is 11.5 Å².